The molecule has 1 aromatic heterocycles. The van der Waals surface area contributed by atoms with Crippen LogP contribution in [0.3, 0.4) is 0 Å². The first kappa shape index (κ1) is 17.2. The van der Waals surface area contributed by atoms with Gasteiger partial charge in [0.1, 0.15) is 18.2 Å². The Balaban J connectivity index is 3.05. The number of hydrogen-bond acceptors (Lipinski definition) is 6. The number of anilines is 2. The van der Waals surface area contributed by atoms with Gasteiger partial charge < -0.3 is 15.0 Å². The van der Waals surface area contributed by atoms with Gasteiger partial charge in [0.05, 0.1) is 12.5 Å². The average molecular weight is 291 g/mol. The molecule has 0 spiro atoms. The van der Waals surface area contributed by atoms with Gasteiger partial charge in [0.15, 0.2) is 5.82 Å². The third-order valence-electron chi connectivity index (χ3n) is 2.93. The van der Waals surface area contributed by atoms with Crippen LogP contribution in [0.15, 0.2) is 6.07 Å². The van der Waals surface area contributed by atoms with Crippen molar-refractivity contribution in [3.63, 3.8) is 0 Å². The van der Waals surface area contributed by atoms with Crippen LogP contribution in [0, 0.1) is 11.3 Å². The minimum Gasteiger partial charge on any atom is -0.374 e. The molecule has 0 aliphatic heterocycles. The van der Waals surface area contributed by atoms with E-state index in [-0.39, 0.29) is 6.04 Å². The van der Waals surface area contributed by atoms with Crippen molar-refractivity contribution < 1.29 is 4.74 Å². The highest BCUT2D eigenvalue weighted by molar-refractivity contribution is 5.50. The van der Waals surface area contributed by atoms with Crippen molar-refractivity contribution in [2.75, 3.05) is 29.9 Å². The highest BCUT2D eigenvalue weighted by Crippen LogP contribution is 2.19. The van der Waals surface area contributed by atoms with Crippen LogP contribution in [0.1, 0.15) is 39.9 Å². The Hall–Kier alpha value is -1.87. The lowest BCUT2D eigenvalue weighted by Crippen LogP contribution is -2.32. The van der Waals surface area contributed by atoms with Crippen LogP contribution in [-0.4, -0.2) is 35.7 Å². The number of nitriles is 1. The molecule has 0 unspecified atom stereocenters. The summed E-state index contributed by atoms with van der Waals surface area (Å²) in [5.41, 5.74) is 0. The van der Waals surface area contributed by atoms with Crippen LogP contribution >= 0.6 is 0 Å². The number of nitrogens with zero attached hydrogens (tertiary/aromatic N) is 4. The summed E-state index contributed by atoms with van der Waals surface area (Å²) in [5, 5.41) is 12.0. The van der Waals surface area contributed by atoms with Gasteiger partial charge in [-0.05, 0) is 27.7 Å². The van der Waals surface area contributed by atoms with E-state index in [1.165, 1.54) is 0 Å². The summed E-state index contributed by atoms with van der Waals surface area (Å²) >= 11 is 0. The summed E-state index contributed by atoms with van der Waals surface area (Å²) < 4.78 is 5.41. The van der Waals surface area contributed by atoms with Crippen molar-refractivity contribution in [3.05, 3.63) is 11.9 Å². The molecule has 0 aliphatic carbocycles. The first-order valence-electron chi connectivity index (χ1n) is 7.45. The molecule has 21 heavy (non-hydrogen) atoms. The normalized spacial score (nSPS) is 10.5. The van der Waals surface area contributed by atoms with Crippen molar-refractivity contribution in [2.45, 2.75) is 46.8 Å². The molecule has 0 radical (unpaired) electrons. The fraction of sp³-hybridized carbons (Fsp3) is 0.667. The monoisotopic (exact) mass is 291 g/mol. The summed E-state index contributed by atoms with van der Waals surface area (Å²) in [4.78, 5) is 11.1. The fourth-order valence-corrected chi connectivity index (χ4v) is 1.97. The zero-order valence-electron chi connectivity index (χ0n) is 13.4. The molecule has 0 fully saturated rings. The predicted octanol–water partition coefficient (Wildman–Crippen LogP) is 2.57. The van der Waals surface area contributed by atoms with Gasteiger partial charge in [0.2, 0.25) is 0 Å². The second kappa shape index (κ2) is 9.14. The van der Waals surface area contributed by atoms with Crippen LogP contribution in [0.5, 0.6) is 0 Å². The molecular weight excluding hydrogens is 266 g/mol. The molecular formula is C15H25N5O. The first-order valence-corrected chi connectivity index (χ1v) is 7.45. The summed E-state index contributed by atoms with van der Waals surface area (Å²) in [6.45, 7) is 10.6. The largest absolute Gasteiger partial charge is 0.374 e. The van der Waals surface area contributed by atoms with Crippen LogP contribution in [-0.2, 0) is 11.3 Å². The van der Waals surface area contributed by atoms with Gasteiger partial charge in [-0.2, -0.15) is 5.26 Å². The van der Waals surface area contributed by atoms with Crippen LogP contribution in [0.4, 0.5) is 11.6 Å². The zero-order chi connectivity index (χ0) is 15.7. The third kappa shape index (κ3) is 5.56. The van der Waals surface area contributed by atoms with E-state index in [0.717, 1.165) is 18.2 Å². The predicted molar refractivity (Wildman–Crippen MR) is 84.2 cm³/mol. The van der Waals surface area contributed by atoms with E-state index in [1.807, 2.05) is 19.9 Å². The SMILES string of the molecule is CCNc1cc(N(CCC#N)C(C)C)nc(COCC)n1. The molecule has 0 saturated heterocycles. The summed E-state index contributed by atoms with van der Waals surface area (Å²) in [5.74, 6) is 2.29. The van der Waals surface area contributed by atoms with Gasteiger partial charge in [-0.15, -0.1) is 0 Å². The highest BCUT2D eigenvalue weighted by atomic mass is 16.5. The number of rotatable bonds is 9. The number of aromatic nitrogens is 2. The molecule has 0 bridgehead atoms. The van der Waals surface area contributed by atoms with Gasteiger partial charge in [0.25, 0.3) is 0 Å². The maximum absolute atomic E-state index is 8.81. The van der Waals surface area contributed by atoms with E-state index < -0.39 is 0 Å². The van der Waals surface area contributed by atoms with Gasteiger partial charge >= 0.3 is 0 Å². The maximum Gasteiger partial charge on any atom is 0.158 e. The Bertz CT molecular complexity index is 470. The lowest BCUT2D eigenvalue weighted by molar-refractivity contribution is 0.128. The molecule has 6 heteroatoms. The van der Waals surface area contributed by atoms with E-state index in [4.69, 9.17) is 10.00 Å². The third-order valence-corrected chi connectivity index (χ3v) is 2.93. The van der Waals surface area contributed by atoms with Gasteiger partial charge in [0, 0.05) is 31.8 Å². The summed E-state index contributed by atoms with van der Waals surface area (Å²) in [6, 6.07) is 4.38. The lowest BCUT2D eigenvalue weighted by atomic mass is 10.3. The Morgan fingerprint density at radius 1 is 1.38 bits per heavy atom. The molecule has 0 amide bonds. The molecule has 1 N–H and O–H groups in total. The maximum atomic E-state index is 8.81. The summed E-state index contributed by atoms with van der Waals surface area (Å²) in [6.07, 6.45) is 0.472. The Labute approximate surface area is 127 Å². The van der Waals surface area contributed by atoms with E-state index in [0.29, 0.717) is 32.0 Å². The van der Waals surface area contributed by atoms with Crippen molar-refractivity contribution in [1.82, 2.24) is 9.97 Å². The van der Waals surface area contributed by atoms with Gasteiger partial charge in [-0.25, -0.2) is 9.97 Å². The molecule has 0 atom stereocenters. The van der Waals surface area contributed by atoms with E-state index in [9.17, 15) is 0 Å². The van der Waals surface area contributed by atoms with Crippen molar-refractivity contribution >= 4 is 11.6 Å². The van der Waals surface area contributed by atoms with E-state index in [1.54, 1.807) is 0 Å². The Morgan fingerprint density at radius 2 is 2.14 bits per heavy atom. The minimum atomic E-state index is 0.266. The average Bonchev–Trinajstić information content (AvgIpc) is 2.45. The van der Waals surface area contributed by atoms with E-state index >= 15 is 0 Å². The zero-order valence-corrected chi connectivity index (χ0v) is 13.4. The van der Waals surface area contributed by atoms with Gasteiger partial charge in [-0.1, -0.05) is 0 Å². The van der Waals surface area contributed by atoms with Crippen LogP contribution in [0.25, 0.3) is 0 Å². The number of hydrogen-bond donors (Lipinski definition) is 1. The van der Waals surface area contributed by atoms with E-state index in [2.05, 4.69) is 40.1 Å². The molecule has 6 nitrogen and oxygen atoms in total. The Kier molecular flexibility index (Phi) is 7.48. The van der Waals surface area contributed by atoms with Crippen molar-refractivity contribution in [1.29, 1.82) is 5.26 Å². The smallest absolute Gasteiger partial charge is 0.158 e. The fourth-order valence-electron chi connectivity index (χ4n) is 1.97. The lowest BCUT2D eigenvalue weighted by Gasteiger charge is -2.27. The molecule has 1 aromatic rings. The molecule has 1 heterocycles. The first-order chi connectivity index (χ1) is 10.1. The van der Waals surface area contributed by atoms with Crippen molar-refractivity contribution in [3.8, 4) is 6.07 Å². The minimum absolute atomic E-state index is 0.266. The molecule has 1 rings (SSSR count). The molecule has 0 aliphatic rings. The highest BCUT2D eigenvalue weighted by Gasteiger charge is 2.14. The number of nitrogens with one attached hydrogen (secondary N) is 1. The van der Waals surface area contributed by atoms with Gasteiger partial charge in [-0.3, -0.25) is 0 Å². The topological polar surface area (TPSA) is 74.1 Å². The molecule has 116 valence electrons. The van der Waals surface area contributed by atoms with Crippen LogP contribution in [0.2, 0.25) is 0 Å². The summed E-state index contributed by atoms with van der Waals surface area (Å²) in [7, 11) is 0. The van der Waals surface area contributed by atoms with Crippen LogP contribution < -0.4 is 10.2 Å². The standard InChI is InChI=1S/C15H25N5O/c1-5-17-13-10-15(19-14(18-13)11-21-6-2)20(12(3)4)9-7-8-16/h10,12H,5-7,9,11H2,1-4H3,(H,17,18,19). The number of ether oxygens (including phenoxy) is 1. The molecule has 0 aromatic carbocycles. The van der Waals surface area contributed by atoms with Crippen molar-refractivity contribution in [2.24, 2.45) is 0 Å². The Morgan fingerprint density at radius 3 is 2.71 bits per heavy atom. The second-order valence-corrected chi connectivity index (χ2v) is 4.89. The second-order valence-electron chi connectivity index (χ2n) is 4.89. The quantitative estimate of drug-likeness (QED) is 0.753. The molecule has 0 saturated carbocycles.